The van der Waals surface area contributed by atoms with Crippen LogP contribution >= 0.6 is 11.8 Å². The number of esters is 2. The third-order valence-corrected chi connectivity index (χ3v) is 6.43. The molecule has 0 unspecified atom stereocenters. The van der Waals surface area contributed by atoms with Gasteiger partial charge in [0.2, 0.25) is 0 Å². The van der Waals surface area contributed by atoms with Crippen LogP contribution in [-0.2, 0) is 19.1 Å². The van der Waals surface area contributed by atoms with E-state index in [-0.39, 0.29) is 23.1 Å². The van der Waals surface area contributed by atoms with Crippen molar-refractivity contribution >= 4 is 23.7 Å². The molecule has 4 nitrogen and oxygen atoms in total. The summed E-state index contributed by atoms with van der Waals surface area (Å²) in [5.74, 6) is 1.21. The van der Waals surface area contributed by atoms with E-state index in [2.05, 4.69) is 13.8 Å². The van der Waals surface area contributed by atoms with Crippen molar-refractivity contribution in [2.75, 3.05) is 11.5 Å². The van der Waals surface area contributed by atoms with Gasteiger partial charge < -0.3 is 9.47 Å². The molecule has 0 N–H and O–H groups in total. The molecule has 0 atom stereocenters. The van der Waals surface area contributed by atoms with Gasteiger partial charge >= 0.3 is 11.9 Å². The molecular weight excluding hydrogens is 336 g/mol. The molecule has 5 heteroatoms. The Hall–Kier alpha value is -0.710. The highest BCUT2D eigenvalue weighted by atomic mass is 32.2. The summed E-state index contributed by atoms with van der Waals surface area (Å²) in [5.41, 5.74) is -0.501. The van der Waals surface area contributed by atoms with E-state index in [0.717, 1.165) is 51.4 Å². The van der Waals surface area contributed by atoms with Crippen LogP contribution in [0.4, 0.5) is 0 Å². The summed E-state index contributed by atoms with van der Waals surface area (Å²) in [6.07, 6.45) is 11.9. The Kier molecular flexibility index (Phi) is 8.11. The summed E-state index contributed by atoms with van der Waals surface area (Å²) < 4.78 is 11.4. The van der Waals surface area contributed by atoms with Crippen molar-refractivity contribution in [3.8, 4) is 0 Å². The van der Waals surface area contributed by atoms with Crippen molar-refractivity contribution in [2.45, 2.75) is 102 Å². The maximum Gasteiger partial charge on any atom is 0.307 e. The molecule has 2 rings (SSSR count). The van der Waals surface area contributed by atoms with E-state index in [1.807, 2.05) is 0 Å². The second-order valence-corrected chi connectivity index (χ2v) is 9.31. The summed E-state index contributed by atoms with van der Waals surface area (Å²) in [6, 6.07) is 0. The van der Waals surface area contributed by atoms with Crippen molar-refractivity contribution in [2.24, 2.45) is 0 Å². The molecule has 0 aromatic heterocycles. The lowest BCUT2D eigenvalue weighted by Gasteiger charge is -2.33. The Bertz CT molecular complexity index is 397. The molecule has 25 heavy (non-hydrogen) atoms. The smallest absolute Gasteiger partial charge is 0.307 e. The van der Waals surface area contributed by atoms with Gasteiger partial charge in [-0.25, -0.2) is 0 Å². The minimum absolute atomic E-state index is 0.103. The third kappa shape index (κ3) is 7.59. The van der Waals surface area contributed by atoms with Crippen LogP contribution in [0.5, 0.6) is 0 Å². The Balaban J connectivity index is 1.53. The second-order valence-electron chi connectivity index (χ2n) is 8.08. The van der Waals surface area contributed by atoms with E-state index in [0.29, 0.717) is 24.3 Å². The van der Waals surface area contributed by atoms with Crippen LogP contribution in [-0.4, -0.2) is 34.6 Å². The fourth-order valence-electron chi connectivity index (χ4n) is 3.87. The van der Waals surface area contributed by atoms with Gasteiger partial charge in [0.1, 0.15) is 11.2 Å². The molecule has 0 aromatic rings. The molecule has 0 bridgehead atoms. The van der Waals surface area contributed by atoms with Crippen molar-refractivity contribution in [3.05, 3.63) is 0 Å². The lowest BCUT2D eigenvalue weighted by atomic mass is 9.86. The molecule has 0 radical (unpaired) electrons. The first kappa shape index (κ1) is 20.6. The predicted octanol–water partition coefficient (Wildman–Crippen LogP) is 5.03. The highest BCUT2D eigenvalue weighted by Gasteiger charge is 2.31. The molecule has 0 spiro atoms. The van der Waals surface area contributed by atoms with E-state index in [1.54, 1.807) is 11.8 Å². The maximum atomic E-state index is 12.0. The fourth-order valence-corrected chi connectivity index (χ4v) is 4.69. The van der Waals surface area contributed by atoms with Crippen molar-refractivity contribution in [1.29, 1.82) is 0 Å². The van der Waals surface area contributed by atoms with Crippen LogP contribution in [0.1, 0.15) is 90.9 Å². The standard InChI is InChI=1S/C20H34O4S/c1-19(11-5-3-6-12-19)23-17(21)9-15-25-16-10-18(22)24-20(2)13-7-4-8-14-20/h3-16H2,1-2H3. The summed E-state index contributed by atoms with van der Waals surface area (Å²) in [6.45, 7) is 4.11. The van der Waals surface area contributed by atoms with Crippen LogP contribution in [0.3, 0.4) is 0 Å². The molecule has 2 fully saturated rings. The number of thioether (sulfide) groups is 1. The number of carbonyl (C=O) groups is 2. The Morgan fingerprint density at radius 3 is 1.44 bits per heavy atom. The Morgan fingerprint density at radius 2 is 1.08 bits per heavy atom. The zero-order valence-electron chi connectivity index (χ0n) is 15.9. The second kappa shape index (κ2) is 9.84. The summed E-state index contributed by atoms with van der Waals surface area (Å²) in [5, 5.41) is 0. The Morgan fingerprint density at radius 1 is 0.720 bits per heavy atom. The molecule has 0 aliphatic heterocycles. The number of rotatable bonds is 8. The highest BCUT2D eigenvalue weighted by molar-refractivity contribution is 7.99. The fraction of sp³-hybridized carbons (Fsp3) is 0.900. The van der Waals surface area contributed by atoms with Gasteiger partial charge in [-0.15, -0.1) is 0 Å². The van der Waals surface area contributed by atoms with Crippen LogP contribution < -0.4 is 0 Å². The quantitative estimate of drug-likeness (QED) is 0.443. The molecule has 2 aliphatic carbocycles. The number of ether oxygens (including phenoxy) is 2. The van der Waals surface area contributed by atoms with Gasteiger partial charge in [0, 0.05) is 11.5 Å². The number of hydrogen-bond donors (Lipinski definition) is 0. The molecule has 0 aromatic carbocycles. The SMILES string of the molecule is CC1(OC(=O)CCSCCC(=O)OC2(C)CCCCC2)CCCCC1. The summed E-state index contributed by atoms with van der Waals surface area (Å²) >= 11 is 1.63. The van der Waals surface area contributed by atoms with Gasteiger partial charge in [-0.05, 0) is 65.2 Å². The average Bonchev–Trinajstić information content (AvgIpc) is 2.55. The van der Waals surface area contributed by atoms with E-state index < -0.39 is 0 Å². The highest BCUT2D eigenvalue weighted by Crippen LogP contribution is 2.32. The topological polar surface area (TPSA) is 52.6 Å². The van der Waals surface area contributed by atoms with Gasteiger partial charge in [-0.2, -0.15) is 11.8 Å². The van der Waals surface area contributed by atoms with Crippen LogP contribution in [0.15, 0.2) is 0 Å². The Labute approximate surface area is 156 Å². The zero-order chi connectivity index (χ0) is 18.2. The van der Waals surface area contributed by atoms with Gasteiger partial charge in [-0.1, -0.05) is 12.8 Å². The van der Waals surface area contributed by atoms with Gasteiger partial charge in [0.15, 0.2) is 0 Å². The molecule has 0 amide bonds. The average molecular weight is 371 g/mol. The van der Waals surface area contributed by atoms with Crippen molar-refractivity contribution in [3.63, 3.8) is 0 Å². The molecule has 2 saturated carbocycles. The summed E-state index contributed by atoms with van der Waals surface area (Å²) in [7, 11) is 0. The molecule has 144 valence electrons. The van der Waals surface area contributed by atoms with Gasteiger partial charge in [-0.3, -0.25) is 9.59 Å². The van der Waals surface area contributed by atoms with Crippen molar-refractivity contribution < 1.29 is 19.1 Å². The normalized spacial score (nSPS) is 22.2. The maximum absolute atomic E-state index is 12.0. The van der Waals surface area contributed by atoms with E-state index in [9.17, 15) is 9.59 Å². The first-order chi connectivity index (χ1) is 11.9. The van der Waals surface area contributed by atoms with Crippen LogP contribution in [0, 0.1) is 0 Å². The molecule has 0 heterocycles. The zero-order valence-corrected chi connectivity index (χ0v) is 16.8. The largest absolute Gasteiger partial charge is 0.459 e. The summed E-state index contributed by atoms with van der Waals surface area (Å²) in [4.78, 5) is 24.0. The van der Waals surface area contributed by atoms with E-state index in [4.69, 9.17) is 9.47 Å². The molecule has 2 aliphatic rings. The minimum Gasteiger partial charge on any atom is -0.459 e. The first-order valence-electron chi connectivity index (χ1n) is 9.92. The first-order valence-corrected chi connectivity index (χ1v) is 11.1. The third-order valence-electron chi connectivity index (χ3n) is 5.44. The van der Waals surface area contributed by atoms with Crippen molar-refractivity contribution in [1.82, 2.24) is 0 Å². The minimum atomic E-state index is -0.251. The van der Waals surface area contributed by atoms with E-state index in [1.165, 1.54) is 12.8 Å². The number of hydrogen-bond acceptors (Lipinski definition) is 5. The molecule has 0 saturated heterocycles. The van der Waals surface area contributed by atoms with Crippen LogP contribution in [0.2, 0.25) is 0 Å². The van der Waals surface area contributed by atoms with Crippen LogP contribution in [0.25, 0.3) is 0 Å². The molecular formula is C20H34O4S. The van der Waals surface area contributed by atoms with Gasteiger partial charge in [0.05, 0.1) is 12.8 Å². The van der Waals surface area contributed by atoms with Gasteiger partial charge in [0.25, 0.3) is 0 Å². The predicted molar refractivity (Wildman–Crippen MR) is 102 cm³/mol. The number of carbonyl (C=O) groups excluding carboxylic acids is 2. The lowest BCUT2D eigenvalue weighted by molar-refractivity contribution is -0.161. The monoisotopic (exact) mass is 370 g/mol. The lowest BCUT2D eigenvalue weighted by Crippen LogP contribution is -2.34. The van der Waals surface area contributed by atoms with E-state index >= 15 is 0 Å².